The first-order valence-corrected chi connectivity index (χ1v) is 14.5. The minimum absolute atomic E-state index is 0. The molecule has 0 N–H and O–H groups in total. The van der Waals surface area contributed by atoms with Gasteiger partial charge in [-0.15, -0.1) is 33.6 Å². The summed E-state index contributed by atoms with van der Waals surface area (Å²) in [6.45, 7) is 10.7. The average molecular weight is 532 g/mol. The van der Waals surface area contributed by atoms with E-state index in [9.17, 15) is 0 Å². The van der Waals surface area contributed by atoms with E-state index in [4.69, 9.17) is 9.31 Å². The summed E-state index contributed by atoms with van der Waals surface area (Å²) < 4.78 is 19.5. The van der Waals surface area contributed by atoms with Crippen LogP contribution >= 0.6 is 22.7 Å². The summed E-state index contributed by atoms with van der Waals surface area (Å²) in [5, 5.41) is 5.06. The maximum absolute atomic E-state index is 7.24. The van der Waals surface area contributed by atoms with Crippen molar-refractivity contribution in [1.82, 2.24) is 0 Å². The molecule has 2 aromatic heterocycles. The Morgan fingerprint density at radius 3 is 1.26 bits per heavy atom. The third-order valence-corrected chi connectivity index (χ3v) is 9.20. The van der Waals surface area contributed by atoms with Crippen molar-refractivity contribution in [1.29, 1.82) is 0 Å². The third kappa shape index (κ3) is 4.75. The van der Waals surface area contributed by atoms with Crippen LogP contribution in [0, 0.1) is 0 Å². The Morgan fingerprint density at radius 2 is 0.868 bits per heavy atom. The minimum atomic E-state index is -2.08. The third-order valence-electron chi connectivity index (χ3n) is 6.73. The second kappa shape index (κ2) is 9.82. The van der Waals surface area contributed by atoms with Gasteiger partial charge in [-0.25, -0.2) is 0 Å². The van der Waals surface area contributed by atoms with Crippen molar-refractivity contribution in [3.8, 4) is 0 Å². The van der Waals surface area contributed by atoms with Gasteiger partial charge >= 0.3 is 25.4 Å². The van der Waals surface area contributed by atoms with Crippen LogP contribution in [-0.2, 0) is 9.31 Å². The number of hydrogen-bond donors (Lipinski definition) is 0. The monoisotopic (exact) mass is 531 g/mol. The number of rotatable bonds is 4. The van der Waals surface area contributed by atoms with Gasteiger partial charge in [-0.3, -0.25) is 0 Å². The predicted octanol–water partition coefficient (Wildman–Crippen LogP) is 7.96. The molecule has 0 aliphatic heterocycles. The molecular formula is C32H33BLiO2S2-. The van der Waals surface area contributed by atoms with Gasteiger partial charge in [0.05, 0.1) is 0 Å². The molecule has 6 heteroatoms. The first-order valence-electron chi connectivity index (χ1n) is 12.9. The molecule has 2 heterocycles. The molecule has 4 aromatic carbocycles. The number of hydrogen-bond acceptors (Lipinski definition) is 4. The van der Waals surface area contributed by atoms with Gasteiger partial charge in [0.1, 0.15) is 0 Å². The Labute approximate surface area is 245 Å². The zero-order chi connectivity index (χ0) is 26.0. The van der Waals surface area contributed by atoms with Crippen LogP contribution in [0.3, 0.4) is 0 Å². The summed E-state index contributed by atoms with van der Waals surface area (Å²) in [7, 11) is 0. The molecule has 0 bridgehead atoms. The number of benzene rings is 4. The molecule has 0 aliphatic carbocycles. The zero-order valence-corrected chi connectivity index (χ0v) is 23.9. The molecule has 190 valence electrons. The molecule has 0 saturated carbocycles. The van der Waals surface area contributed by atoms with E-state index >= 15 is 0 Å². The molecule has 0 radical (unpaired) electrons. The molecule has 6 rings (SSSR count). The molecule has 6 aromatic rings. The van der Waals surface area contributed by atoms with E-state index in [1.165, 1.54) is 40.3 Å². The topological polar surface area (TPSA) is 18.5 Å². The first kappa shape index (κ1) is 27.5. The summed E-state index contributed by atoms with van der Waals surface area (Å²) in [5.41, 5.74) is 1.35. The van der Waals surface area contributed by atoms with Crippen LogP contribution in [0.15, 0.2) is 84.9 Å². The summed E-state index contributed by atoms with van der Waals surface area (Å²) in [6, 6.07) is 30.6. The van der Waals surface area contributed by atoms with Crippen LogP contribution < -0.4 is 10.9 Å². The average Bonchev–Trinajstić information content (AvgIpc) is 3.40. The van der Waals surface area contributed by atoms with E-state index < -0.39 is 17.8 Å². The summed E-state index contributed by atoms with van der Waals surface area (Å²) in [6.07, 6.45) is 0. The molecule has 0 unspecified atom stereocenters. The predicted molar refractivity (Wildman–Crippen MR) is 173 cm³/mol. The Morgan fingerprint density at radius 1 is 0.500 bits per heavy atom. The molecule has 2 nitrogen and oxygen atoms in total. The fraction of sp³-hybridized carbons (Fsp3) is 0.250. The van der Waals surface area contributed by atoms with E-state index in [0.717, 1.165) is 10.9 Å². The van der Waals surface area contributed by atoms with Crippen LogP contribution in [0.25, 0.3) is 40.3 Å². The molecule has 0 atom stereocenters. The standard InChI is InChI=1S/C32H32BO2S2.Li.H/c1-31(2,3)34-33(35-32(4,5)6,25-17-11-15-23-21-13-7-9-19-27(21)36-29(23)25)26-18-12-16-24-22-14-8-10-20-28(22)37-30(24)26;;/h7-20H,1-6H3;;/q-1;;. The zero-order valence-electron chi connectivity index (χ0n) is 22.3. The Balaban J connectivity index is 0.00000294. The van der Waals surface area contributed by atoms with Crippen molar-refractivity contribution < 1.29 is 9.31 Å². The first-order chi connectivity index (χ1) is 17.6. The van der Waals surface area contributed by atoms with Gasteiger partial charge in [0.15, 0.2) is 0 Å². The van der Waals surface area contributed by atoms with Crippen molar-refractivity contribution in [3.63, 3.8) is 0 Å². The fourth-order valence-corrected chi connectivity index (χ4v) is 8.14. The van der Waals surface area contributed by atoms with E-state index in [2.05, 4.69) is 126 Å². The maximum atomic E-state index is 7.24. The van der Waals surface area contributed by atoms with Gasteiger partial charge in [-0.1, -0.05) is 72.8 Å². The van der Waals surface area contributed by atoms with Crippen LogP contribution in [0.5, 0.6) is 0 Å². The van der Waals surface area contributed by atoms with Crippen molar-refractivity contribution in [2.45, 2.75) is 52.7 Å². The number of thiophene rings is 2. The summed E-state index contributed by atoms with van der Waals surface area (Å²) in [4.78, 5) is 0. The Kier molecular flexibility index (Phi) is 7.10. The van der Waals surface area contributed by atoms with Crippen molar-refractivity contribution in [2.75, 3.05) is 0 Å². The Hall–Kier alpha value is -2.10. The molecular weight excluding hydrogens is 498 g/mol. The van der Waals surface area contributed by atoms with Gasteiger partial charge in [0.25, 0.3) is 0 Å². The molecule has 38 heavy (non-hydrogen) atoms. The van der Waals surface area contributed by atoms with E-state index in [-0.39, 0.29) is 18.9 Å². The van der Waals surface area contributed by atoms with Gasteiger partial charge in [-0.05, 0) is 64.4 Å². The van der Waals surface area contributed by atoms with E-state index in [1.807, 2.05) is 22.7 Å². The molecule has 0 fully saturated rings. The van der Waals surface area contributed by atoms with Crippen LogP contribution in [0.4, 0.5) is 0 Å². The summed E-state index contributed by atoms with van der Waals surface area (Å²) >= 11 is 3.66. The van der Waals surface area contributed by atoms with Crippen molar-refractivity contribution >= 4 is 99.4 Å². The van der Waals surface area contributed by atoms with Gasteiger partial charge in [0, 0.05) is 40.8 Å². The molecule has 0 spiro atoms. The molecule has 0 saturated heterocycles. The molecule has 0 amide bonds. The van der Waals surface area contributed by atoms with Gasteiger partial charge in [0.2, 0.25) is 0 Å². The van der Waals surface area contributed by atoms with Gasteiger partial charge in [-0.2, -0.15) is 0 Å². The second-order valence-corrected chi connectivity index (χ2v) is 13.9. The summed E-state index contributed by atoms with van der Waals surface area (Å²) in [5.74, 6) is 0. The second-order valence-electron chi connectivity index (χ2n) is 11.8. The normalized spacial score (nSPS) is 13.0. The van der Waals surface area contributed by atoms with Crippen molar-refractivity contribution in [3.05, 3.63) is 84.9 Å². The van der Waals surface area contributed by atoms with Crippen LogP contribution in [-0.4, -0.2) is 36.6 Å². The quantitative estimate of drug-likeness (QED) is 0.215. The van der Waals surface area contributed by atoms with Crippen molar-refractivity contribution in [2.24, 2.45) is 0 Å². The molecule has 0 aliphatic rings. The van der Waals surface area contributed by atoms with Gasteiger partial charge < -0.3 is 9.31 Å². The SMILES string of the molecule is CC(C)(C)O[B-](OC(C)(C)C)(c1cccc2c1sc1ccccc12)c1cccc2c1sc1ccccc12.[LiH]. The fourth-order valence-electron chi connectivity index (χ4n) is 5.58. The van der Waals surface area contributed by atoms with E-state index in [1.54, 1.807) is 0 Å². The number of fused-ring (bicyclic) bond motifs is 6. The van der Waals surface area contributed by atoms with Crippen LogP contribution in [0.2, 0.25) is 0 Å². The van der Waals surface area contributed by atoms with E-state index in [0.29, 0.717) is 0 Å². The van der Waals surface area contributed by atoms with Crippen LogP contribution in [0.1, 0.15) is 41.5 Å². The Bertz CT molecular complexity index is 1640.